The summed E-state index contributed by atoms with van der Waals surface area (Å²) in [5.41, 5.74) is 2.40. The molecule has 150 valence electrons. The minimum Gasteiger partial charge on any atom is -0.423 e. The highest BCUT2D eigenvalue weighted by atomic mass is 16.4. The van der Waals surface area contributed by atoms with Crippen molar-refractivity contribution >= 4 is 33.9 Å². The van der Waals surface area contributed by atoms with Crippen LogP contribution in [0.25, 0.3) is 11.0 Å². The van der Waals surface area contributed by atoms with E-state index in [1.165, 1.54) is 12.5 Å². The smallest absolute Gasteiger partial charge is 0.338 e. The Morgan fingerprint density at radius 3 is 2.69 bits per heavy atom. The lowest BCUT2D eigenvalue weighted by Crippen LogP contribution is -2.39. The number of rotatable bonds is 5. The molecule has 4 rings (SSSR count). The lowest BCUT2D eigenvalue weighted by Gasteiger charge is -2.30. The Bertz CT molecular complexity index is 1060. The number of hydrogen-bond donors (Lipinski definition) is 2. The fourth-order valence-electron chi connectivity index (χ4n) is 3.84. The van der Waals surface area contributed by atoms with E-state index in [1.54, 1.807) is 6.07 Å². The van der Waals surface area contributed by atoms with Gasteiger partial charge in [0.1, 0.15) is 5.58 Å². The largest absolute Gasteiger partial charge is 0.423 e. The third-order valence-electron chi connectivity index (χ3n) is 5.21. The number of nitrogens with zero attached hydrogens (tertiary/aromatic N) is 1. The third-order valence-corrected chi connectivity index (χ3v) is 5.21. The van der Waals surface area contributed by atoms with E-state index in [0.717, 1.165) is 36.3 Å². The van der Waals surface area contributed by atoms with Gasteiger partial charge in [0.15, 0.2) is 0 Å². The van der Waals surface area contributed by atoms with E-state index in [9.17, 15) is 9.59 Å². The second-order valence-corrected chi connectivity index (χ2v) is 7.71. The van der Waals surface area contributed by atoms with E-state index in [-0.39, 0.29) is 5.91 Å². The van der Waals surface area contributed by atoms with Crippen LogP contribution in [0.5, 0.6) is 0 Å². The molecule has 2 aromatic carbocycles. The molecule has 3 aromatic rings. The van der Waals surface area contributed by atoms with Crippen molar-refractivity contribution in [1.82, 2.24) is 4.90 Å². The van der Waals surface area contributed by atoms with Gasteiger partial charge in [-0.05, 0) is 61.7 Å². The van der Waals surface area contributed by atoms with Crippen LogP contribution >= 0.6 is 0 Å². The maximum atomic E-state index is 12.3. The number of para-hydroxylation sites is 1. The molecule has 0 radical (unpaired) electrons. The summed E-state index contributed by atoms with van der Waals surface area (Å²) in [7, 11) is 0. The van der Waals surface area contributed by atoms with Crippen LogP contribution in [-0.2, 0) is 4.79 Å². The van der Waals surface area contributed by atoms with Gasteiger partial charge in [-0.3, -0.25) is 9.69 Å². The topological polar surface area (TPSA) is 74.6 Å². The number of anilines is 3. The Balaban J connectivity index is 1.41. The van der Waals surface area contributed by atoms with Crippen molar-refractivity contribution in [2.24, 2.45) is 5.92 Å². The standard InChI is InChI=1S/C23H25N3O3/c1-16-5-4-12-26(14-16)15-22(27)25-18-10-8-17(9-11-18)24-20-13-23(28)29-21-7-3-2-6-19(20)21/h2-3,6-11,13,16,24H,4-5,12,14-15H2,1H3,(H,25,27)/t16-/m0/s1. The summed E-state index contributed by atoms with van der Waals surface area (Å²) in [6, 6.07) is 16.3. The van der Waals surface area contributed by atoms with Crippen LogP contribution in [0, 0.1) is 5.92 Å². The zero-order valence-corrected chi connectivity index (χ0v) is 16.5. The van der Waals surface area contributed by atoms with Crippen LogP contribution in [0.3, 0.4) is 0 Å². The second kappa shape index (κ2) is 8.49. The molecule has 1 atom stereocenters. The number of fused-ring (bicyclic) bond motifs is 1. The molecule has 29 heavy (non-hydrogen) atoms. The van der Waals surface area contributed by atoms with Crippen molar-refractivity contribution < 1.29 is 9.21 Å². The minimum absolute atomic E-state index is 0.00599. The maximum Gasteiger partial charge on any atom is 0.338 e. The molecule has 0 spiro atoms. The van der Waals surface area contributed by atoms with Crippen LogP contribution in [0.15, 0.2) is 63.8 Å². The molecule has 1 aliphatic heterocycles. The maximum absolute atomic E-state index is 12.3. The SMILES string of the molecule is C[C@H]1CCCN(CC(=O)Nc2ccc(Nc3cc(=O)oc4ccccc34)cc2)C1. The van der Waals surface area contributed by atoms with Crippen molar-refractivity contribution in [2.75, 3.05) is 30.3 Å². The molecule has 1 fully saturated rings. The number of piperidine rings is 1. The summed E-state index contributed by atoms with van der Waals surface area (Å²) in [5, 5.41) is 7.05. The van der Waals surface area contributed by atoms with E-state index in [4.69, 9.17) is 4.42 Å². The lowest BCUT2D eigenvalue weighted by molar-refractivity contribution is -0.117. The van der Waals surface area contributed by atoms with E-state index >= 15 is 0 Å². The van der Waals surface area contributed by atoms with Crippen LogP contribution in [-0.4, -0.2) is 30.4 Å². The van der Waals surface area contributed by atoms with Gasteiger partial charge >= 0.3 is 5.63 Å². The van der Waals surface area contributed by atoms with Crippen molar-refractivity contribution in [1.29, 1.82) is 0 Å². The van der Waals surface area contributed by atoms with Gasteiger partial charge in [0.25, 0.3) is 0 Å². The fraction of sp³-hybridized carbons (Fsp3) is 0.304. The molecule has 6 nitrogen and oxygen atoms in total. The summed E-state index contributed by atoms with van der Waals surface area (Å²) < 4.78 is 5.22. The molecule has 1 aromatic heterocycles. The molecule has 0 bridgehead atoms. The summed E-state index contributed by atoms with van der Waals surface area (Å²) in [6.45, 7) is 4.63. The Labute approximate surface area is 169 Å². The highest BCUT2D eigenvalue weighted by Crippen LogP contribution is 2.25. The Morgan fingerprint density at radius 1 is 1.14 bits per heavy atom. The van der Waals surface area contributed by atoms with Crippen LogP contribution in [0.2, 0.25) is 0 Å². The number of amides is 1. The summed E-state index contributed by atoms with van der Waals surface area (Å²) in [6.07, 6.45) is 2.40. The zero-order chi connectivity index (χ0) is 20.2. The predicted octanol–water partition coefficient (Wildman–Crippen LogP) is 4.21. The van der Waals surface area contributed by atoms with Crippen molar-refractivity contribution in [3.05, 3.63) is 65.0 Å². The number of likely N-dealkylation sites (tertiary alicyclic amines) is 1. The first-order chi connectivity index (χ1) is 14.1. The van der Waals surface area contributed by atoms with E-state index in [1.807, 2.05) is 42.5 Å². The molecule has 0 aliphatic carbocycles. The summed E-state index contributed by atoms with van der Waals surface area (Å²) >= 11 is 0. The fourth-order valence-corrected chi connectivity index (χ4v) is 3.84. The molecular formula is C23H25N3O3. The molecule has 6 heteroatoms. The number of carbonyl (C=O) groups excluding carboxylic acids is 1. The Kier molecular flexibility index (Phi) is 5.62. The van der Waals surface area contributed by atoms with E-state index in [0.29, 0.717) is 23.7 Å². The number of carbonyl (C=O) groups is 1. The van der Waals surface area contributed by atoms with Crippen molar-refractivity contribution in [3.8, 4) is 0 Å². The molecule has 0 saturated carbocycles. The number of benzene rings is 2. The van der Waals surface area contributed by atoms with Gasteiger partial charge < -0.3 is 15.1 Å². The van der Waals surface area contributed by atoms with Gasteiger partial charge in [0.2, 0.25) is 5.91 Å². The monoisotopic (exact) mass is 391 g/mol. The quantitative estimate of drug-likeness (QED) is 0.638. The number of hydrogen-bond acceptors (Lipinski definition) is 5. The first-order valence-electron chi connectivity index (χ1n) is 9.99. The molecule has 1 saturated heterocycles. The van der Waals surface area contributed by atoms with Gasteiger partial charge in [-0.25, -0.2) is 4.79 Å². The minimum atomic E-state index is -0.401. The van der Waals surface area contributed by atoms with Gasteiger partial charge in [-0.15, -0.1) is 0 Å². The lowest BCUT2D eigenvalue weighted by atomic mass is 10.0. The normalized spacial score (nSPS) is 17.2. The highest BCUT2D eigenvalue weighted by molar-refractivity contribution is 5.93. The van der Waals surface area contributed by atoms with Crippen LogP contribution in [0.1, 0.15) is 19.8 Å². The zero-order valence-electron chi connectivity index (χ0n) is 16.5. The number of nitrogens with one attached hydrogen (secondary N) is 2. The molecular weight excluding hydrogens is 366 g/mol. The van der Waals surface area contributed by atoms with Gasteiger partial charge in [0.05, 0.1) is 12.2 Å². The molecule has 2 N–H and O–H groups in total. The third kappa shape index (κ3) is 4.84. The Morgan fingerprint density at radius 2 is 1.90 bits per heavy atom. The van der Waals surface area contributed by atoms with Crippen LogP contribution in [0.4, 0.5) is 17.1 Å². The Hall–Kier alpha value is -3.12. The van der Waals surface area contributed by atoms with Crippen LogP contribution < -0.4 is 16.3 Å². The highest BCUT2D eigenvalue weighted by Gasteiger charge is 2.18. The van der Waals surface area contributed by atoms with Crippen molar-refractivity contribution in [2.45, 2.75) is 19.8 Å². The predicted molar refractivity (Wildman–Crippen MR) is 116 cm³/mol. The second-order valence-electron chi connectivity index (χ2n) is 7.71. The molecule has 1 amide bonds. The van der Waals surface area contributed by atoms with Gasteiger partial charge in [0, 0.05) is 29.4 Å². The van der Waals surface area contributed by atoms with E-state index < -0.39 is 5.63 Å². The van der Waals surface area contributed by atoms with Gasteiger partial charge in [-0.2, -0.15) is 0 Å². The first-order valence-corrected chi connectivity index (χ1v) is 9.99. The summed E-state index contributed by atoms with van der Waals surface area (Å²) in [5.74, 6) is 0.657. The average molecular weight is 391 g/mol. The van der Waals surface area contributed by atoms with Crippen molar-refractivity contribution in [3.63, 3.8) is 0 Å². The van der Waals surface area contributed by atoms with Gasteiger partial charge in [-0.1, -0.05) is 19.1 Å². The van der Waals surface area contributed by atoms with E-state index in [2.05, 4.69) is 22.5 Å². The molecule has 2 heterocycles. The first kappa shape index (κ1) is 19.2. The summed E-state index contributed by atoms with van der Waals surface area (Å²) in [4.78, 5) is 26.3. The molecule has 1 aliphatic rings. The average Bonchev–Trinajstić information content (AvgIpc) is 2.69. The molecule has 0 unspecified atom stereocenters.